The average Bonchev–Trinajstić information content (AvgIpc) is 2.69. The third kappa shape index (κ3) is 3.33. The molecule has 27 heavy (non-hydrogen) atoms. The zero-order valence-electron chi connectivity index (χ0n) is 16.1. The molecule has 4 nitrogen and oxygen atoms in total. The predicted octanol–water partition coefficient (Wildman–Crippen LogP) is 4.05. The molecule has 3 aromatic rings. The monoisotopic (exact) mass is 362 g/mol. The van der Waals surface area contributed by atoms with Gasteiger partial charge in [-0.05, 0) is 61.1 Å². The third-order valence-electron chi connectivity index (χ3n) is 5.61. The molecule has 3 aromatic carbocycles. The number of likely N-dealkylation sites (N-methyl/N-ethyl adjacent to an activating group) is 1. The minimum Gasteiger partial charge on any atom is -0.508 e. The number of hydrogen-bond donors (Lipinski definition) is 1. The van der Waals surface area contributed by atoms with E-state index in [0.29, 0.717) is 18.3 Å². The molecule has 0 spiro atoms. The minimum atomic E-state index is 0.334. The minimum absolute atomic E-state index is 0.334. The van der Waals surface area contributed by atoms with Gasteiger partial charge in [-0.3, -0.25) is 0 Å². The first-order chi connectivity index (χ1) is 13.1. The van der Waals surface area contributed by atoms with Crippen molar-refractivity contribution in [2.24, 2.45) is 0 Å². The summed E-state index contributed by atoms with van der Waals surface area (Å²) in [5.74, 6) is 1.14. The van der Waals surface area contributed by atoms with E-state index in [2.05, 4.69) is 48.2 Å². The van der Waals surface area contributed by atoms with E-state index in [1.807, 2.05) is 24.3 Å². The molecular weight excluding hydrogens is 336 g/mol. The number of fused-ring (bicyclic) bond motifs is 2. The number of aromatic hydroxyl groups is 1. The van der Waals surface area contributed by atoms with Crippen LogP contribution in [0.2, 0.25) is 0 Å². The lowest BCUT2D eigenvalue weighted by Gasteiger charge is -2.39. The van der Waals surface area contributed by atoms with E-state index >= 15 is 0 Å². The molecule has 1 aliphatic rings. The van der Waals surface area contributed by atoms with Crippen molar-refractivity contribution in [3.05, 3.63) is 65.7 Å². The second-order valence-electron chi connectivity index (χ2n) is 7.48. The van der Waals surface area contributed by atoms with Crippen LogP contribution in [0.3, 0.4) is 0 Å². The van der Waals surface area contributed by atoms with Gasteiger partial charge < -0.3 is 19.6 Å². The van der Waals surface area contributed by atoms with Crippen molar-refractivity contribution in [2.75, 3.05) is 32.6 Å². The SMILES string of the molecule is COc1ccc2ccc(O)c(CN3CC(N(C)C)Cc4ccccc43)c2c1. The summed E-state index contributed by atoms with van der Waals surface area (Å²) in [5, 5.41) is 12.8. The molecule has 0 saturated carbocycles. The summed E-state index contributed by atoms with van der Waals surface area (Å²) < 4.78 is 5.41. The van der Waals surface area contributed by atoms with E-state index in [4.69, 9.17) is 4.74 Å². The van der Waals surface area contributed by atoms with Gasteiger partial charge in [-0.15, -0.1) is 0 Å². The summed E-state index contributed by atoms with van der Waals surface area (Å²) in [6, 6.07) is 18.8. The van der Waals surface area contributed by atoms with Crippen molar-refractivity contribution in [2.45, 2.75) is 19.0 Å². The summed E-state index contributed by atoms with van der Waals surface area (Å²) in [5.41, 5.74) is 3.57. The summed E-state index contributed by atoms with van der Waals surface area (Å²) in [4.78, 5) is 4.67. The Kier molecular flexibility index (Phi) is 4.66. The van der Waals surface area contributed by atoms with E-state index in [1.54, 1.807) is 13.2 Å². The van der Waals surface area contributed by atoms with Crippen molar-refractivity contribution < 1.29 is 9.84 Å². The largest absolute Gasteiger partial charge is 0.508 e. The van der Waals surface area contributed by atoms with Crippen LogP contribution in [0.5, 0.6) is 11.5 Å². The molecule has 0 aromatic heterocycles. The standard InChI is InChI=1S/C23H26N2O2/c1-24(2)18-12-17-6-4-5-7-22(17)25(14-18)15-21-20-13-19(27-3)10-8-16(20)9-11-23(21)26/h4-11,13,18,26H,12,14-15H2,1-3H3. The number of rotatable bonds is 4. The van der Waals surface area contributed by atoms with Crippen LogP contribution in [0.15, 0.2) is 54.6 Å². The molecule has 0 fully saturated rings. The normalized spacial score (nSPS) is 16.6. The van der Waals surface area contributed by atoms with Gasteiger partial charge in [0.1, 0.15) is 11.5 Å². The number of para-hydroxylation sites is 1. The van der Waals surface area contributed by atoms with E-state index < -0.39 is 0 Å². The lowest BCUT2D eigenvalue weighted by Crippen LogP contribution is -2.45. The van der Waals surface area contributed by atoms with Crippen molar-refractivity contribution in [3.8, 4) is 11.5 Å². The van der Waals surface area contributed by atoms with E-state index in [1.165, 1.54) is 11.3 Å². The van der Waals surface area contributed by atoms with Crippen LogP contribution in [-0.2, 0) is 13.0 Å². The third-order valence-corrected chi connectivity index (χ3v) is 5.61. The molecule has 0 amide bonds. The topological polar surface area (TPSA) is 35.9 Å². The van der Waals surface area contributed by atoms with Gasteiger partial charge in [0.15, 0.2) is 0 Å². The Morgan fingerprint density at radius 3 is 2.67 bits per heavy atom. The summed E-state index contributed by atoms with van der Waals surface area (Å²) in [7, 11) is 5.94. The first kappa shape index (κ1) is 17.7. The van der Waals surface area contributed by atoms with Crippen molar-refractivity contribution in [1.29, 1.82) is 0 Å². The van der Waals surface area contributed by atoms with Gasteiger partial charge in [0.2, 0.25) is 0 Å². The fourth-order valence-electron chi connectivity index (χ4n) is 3.99. The summed E-state index contributed by atoms with van der Waals surface area (Å²) in [6.07, 6.45) is 1.05. The van der Waals surface area contributed by atoms with Gasteiger partial charge in [0, 0.05) is 30.4 Å². The first-order valence-corrected chi connectivity index (χ1v) is 9.34. The second kappa shape index (κ2) is 7.12. The first-order valence-electron chi connectivity index (χ1n) is 9.34. The van der Waals surface area contributed by atoms with Crippen LogP contribution < -0.4 is 9.64 Å². The molecule has 140 valence electrons. The highest BCUT2D eigenvalue weighted by Gasteiger charge is 2.26. The zero-order valence-corrected chi connectivity index (χ0v) is 16.1. The molecule has 1 atom stereocenters. The van der Waals surface area contributed by atoms with Crippen LogP contribution in [0.1, 0.15) is 11.1 Å². The van der Waals surface area contributed by atoms with Gasteiger partial charge in [0.05, 0.1) is 7.11 Å². The molecule has 4 rings (SSSR count). The number of phenols is 1. The molecular formula is C23H26N2O2. The molecule has 0 saturated heterocycles. The number of methoxy groups -OCH3 is 1. The molecule has 1 aliphatic heterocycles. The van der Waals surface area contributed by atoms with Crippen molar-refractivity contribution >= 4 is 16.5 Å². The number of anilines is 1. The fourth-order valence-corrected chi connectivity index (χ4v) is 3.99. The maximum Gasteiger partial charge on any atom is 0.121 e. The number of benzene rings is 3. The van der Waals surface area contributed by atoms with Gasteiger partial charge in [-0.2, -0.15) is 0 Å². The van der Waals surface area contributed by atoms with Crippen LogP contribution in [0.25, 0.3) is 10.8 Å². The van der Waals surface area contributed by atoms with E-state index in [9.17, 15) is 5.11 Å². The zero-order chi connectivity index (χ0) is 19.0. The Morgan fingerprint density at radius 1 is 1.11 bits per heavy atom. The molecule has 1 heterocycles. The number of ether oxygens (including phenoxy) is 1. The smallest absolute Gasteiger partial charge is 0.121 e. The predicted molar refractivity (Wildman–Crippen MR) is 111 cm³/mol. The highest BCUT2D eigenvalue weighted by Crippen LogP contribution is 2.35. The molecule has 1 unspecified atom stereocenters. The Labute approximate surface area is 160 Å². The lowest BCUT2D eigenvalue weighted by molar-refractivity contribution is 0.285. The van der Waals surface area contributed by atoms with Crippen LogP contribution in [-0.4, -0.2) is 43.8 Å². The Bertz CT molecular complexity index is 968. The van der Waals surface area contributed by atoms with Crippen molar-refractivity contribution in [3.63, 3.8) is 0 Å². The average molecular weight is 362 g/mol. The van der Waals surface area contributed by atoms with Crippen molar-refractivity contribution in [1.82, 2.24) is 4.90 Å². The Hall–Kier alpha value is -2.72. The molecule has 1 N–H and O–H groups in total. The lowest BCUT2D eigenvalue weighted by atomic mass is 9.95. The number of nitrogens with zero attached hydrogens (tertiary/aromatic N) is 2. The summed E-state index contributed by atoms with van der Waals surface area (Å²) in [6.45, 7) is 1.60. The molecule has 4 heteroatoms. The van der Waals surface area contributed by atoms with Gasteiger partial charge in [0.25, 0.3) is 0 Å². The highest BCUT2D eigenvalue weighted by atomic mass is 16.5. The number of phenolic OH excluding ortho intramolecular Hbond substituents is 1. The maximum atomic E-state index is 10.6. The molecule has 0 aliphatic carbocycles. The quantitative estimate of drug-likeness (QED) is 0.760. The highest BCUT2D eigenvalue weighted by molar-refractivity contribution is 5.89. The Morgan fingerprint density at radius 2 is 1.89 bits per heavy atom. The fraction of sp³-hybridized carbons (Fsp3) is 0.304. The van der Waals surface area contributed by atoms with Gasteiger partial charge >= 0.3 is 0 Å². The second-order valence-corrected chi connectivity index (χ2v) is 7.48. The van der Waals surface area contributed by atoms with Gasteiger partial charge in [-0.1, -0.05) is 30.3 Å². The van der Waals surface area contributed by atoms with Gasteiger partial charge in [-0.25, -0.2) is 0 Å². The summed E-state index contributed by atoms with van der Waals surface area (Å²) >= 11 is 0. The van der Waals surface area contributed by atoms with Crippen LogP contribution >= 0.6 is 0 Å². The van der Waals surface area contributed by atoms with E-state index in [-0.39, 0.29) is 0 Å². The molecule has 0 bridgehead atoms. The van der Waals surface area contributed by atoms with Crippen LogP contribution in [0, 0.1) is 0 Å². The Balaban J connectivity index is 1.78. The molecule has 0 radical (unpaired) electrons. The maximum absolute atomic E-state index is 10.6. The van der Waals surface area contributed by atoms with E-state index in [0.717, 1.165) is 35.1 Å². The number of hydrogen-bond acceptors (Lipinski definition) is 4. The van der Waals surface area contributed by atoms with Crippen LogP contribution in [0.4, 0.5) is 5.69 Å².